The van der Waals surface area contributed by atoms with E-state index in [1.165, 1.54) is 12.1 Å². The van der Waals surface area contributed by atoms with Crippen LogP contribution in [0.15, 0.2) is 24.3 Å². The van der Waals surface area contributed by atoms with Gasteiger partial charge in [0.1, 0.15) is 4.88 Å². The number of halogens is 4. The van der Waals surface area contributed by atoms with E-state index in [1.807, 2.05) is 6.92 Å². The summed E-state index contributed by atoms with van der Waals surface area (Å²) < 4.78 is 37.9. The topological polar surface area (TPSA) is 30.0 Å². The number of nitrogens with zero attached hydrogens (tertiary/aromatic N) is 1. The molecule has 0 aliphatic heterocycles. The number of carbonyl (C=O) groups is 1. The van der Waals surface area contributed by atoms with Gasteiger partial charge in [0.2, 0.25) is 5.78 Å². The molecule has 0 aliphatic rings. The van der Waals surface area contributed by atoms with Crippen molar-refractivity contribution in [3.8, 4) is 0 Å². The van der Waals surface area contributed by atoms with Crippen molar-refractivity contribution in [3.05, 3.63) is 50.4 Å². The van der Waals surface area contributed by atoms with Crippen LogP contribution in [0.3, 0.4) is 0 Å². The fourth-order valence-electron chi connectivity index (χ4n) is 1.48. The van der Waals surface area contributed by atoms with E-state index < -0.39 is 22.5 Å². The second kappa shape index (κ2) is 4.94. The van der Waals surface area contributed by atoms with E-state index in [0.29, 0.717) is 11.3 Å². The Morgan fingerprint density at radius 1 is 1.26 bits per heavy atom. The maximum Gasteiger partial charge on any atom is 0.434 e. The van der Waals surface area contributed by atoms with Gasteiger partial charge in [-0.3, -0.25) is 4.79 Å². The molecule has 0 amide bonds. The Kier molecular flexibility index (Phi) is 3.64. The number of thiazole rings is 1. The number of benzene rings is 1. The average Bonchev–Trinajstić information content (AvgIpc) is 2.71. The Morgan fingerprint density at radius 3 is 2.37 bits per heavy atom. The lowest BCUT2D eigenvalue weighted by Crippen LogP contribution is -2.12. The third kappa shape index (κ3) is 2.96. The zero-order chi connectivity index (χ0) is 14.2. The normalized spacial score (nSPS) is 11.6. The van der Waals surface area contributed by atoms with Crippen LogP contribution >= 0.6 is 22.9 Å². The fraction of sp³-hybridized carbons (Fsp3) is 0.167. The maximum atomic E-state index is 12.7. The maximum absolute atomic E-state index is 12.7. The first kappa shape index (κ1) is 14.0. The Labute approximate surface area is 115 Å². The molecule has 2 nitrogen and oxygen atoms in total. The molecule has 100 valence electrons. The smallest absolute Gasteiger partial charge is 0.288 e. The summed E-state index contributed by atoms with van der Waals surface area (Å²) in [6.45, 7) is 1.82. The van der Waals surface area contributed by atoms with Crippen molar-refractivity contribution in [3.63, 3.8) is 0 Å². The second-order valence-corrected chi connectivity index (χ2v) is 5.42. The lowest BCUT2D eigenvalue weighted by Gasteiger charge is -2.05. The van der Waals surface area contributed by atoms with Gasteiger partial charge in [-0.15, -0.1) is 0 Å². The second-order valence-electron chi connectivity index (χ2n) is 3.84. The van der Waals surface area contributed by atoms with E-state index in [4.69, 9.17) is 11.6 Å². The van der Waals surface area contributed by atoms with Crippen molar-refractivity contribution in [2.75, 3.05) is 0 Å². The molecule has 0 radical (unpaired) electrons. The summed E-state index contributed by atoms with van der Waals surface area (Å²) in [5.74, 6) is -0.725. The Hall–Kier alpha value is -1.40. The molecule has 0 saturated carbocycles. The molecule has 0 spiro atoms. The van der Waals surface area contributed by atoms with Crippen molar-refractivity contribution >= 4 is 28.7 Å². The molecule has 2 rings (SSSR count). The number of alkyl halides is 3. The molecule has 1 aromatic heterocycles. The molecule has 0 aliphatic carbocycles. The Balaban J connectivity index is 2.47. The average molecular weight is 306 g/mol. The van der Waals surface area contributed by atoms with Crippen LogP contribution in [0.1, 0.15) is 26.5 Å². The van der Waals surface area contributed by atoms with Crippen molar-refractivity contribution < 1.29 is 18.0 Å². The predicted molar refractivity (Wildman–Crippen MR) is 66.7 cm³/mol. The molecule has 1 aromatic carbocycles. The molecule has 2 aromatic rings. The van der Waals surface area contributed by atoms with Crippen LogP contribution in [0.2, 0.25) is 4.47 Å². The molecule has 0 saturated heterocycles. The van der Waals surface area contributed by atoms with Gasteiger partial charge < -0.3 is 0 Å². The molecule has 0 fully saturated rings. The van der Waals surface area contributed by atoms with Gasteiger partial charge in [0.15, 0.2) is 10.2 Å². The highest BCUT2D eigenvalue weighted by Gasteiger charge is 2.39. The van der Waals surface area contributed by atoms with Crippen LogP contribution in [-0.4, -0.2) is 10.8 Å². The summed E-state index contributed by atoms with van der Waals surface area (Å²) in [4.78, 5) is 14.7. The van der Waals surface area contributed by atoms with E-state index in [1.54, 1.807) is 12.1 Å². The highest BCUT2D eigenvalue weighted by atomic mass is 35.5. The molecular weight excluding hydrogens is 299 g/mol. The number of carbonyl (C=O) groups excluding carboxylic acids is 1. The highest BCUT2D eigenvalue weighted by Crippen LogP contribution is 2.36. The van der Waals surface area contributed by atoms with E-state index in [2.05, 4.69) is 4.98 Å². The number of aromatic nitrogens is 1. The molecule has 0 unspecified atom stereocenters. The number of aryl methyl sites for hydroxylation is 1. The van der Waals surface area contributed by atoms with Gasteiger partial charge in [0, 0.05) is 5.56 Å². The summed E-state index contributed by atoms with van der Waals surface area (Å²) in [6.07, 6.45) is -4.70. The summed E-state index contributed by atoms with van der Waals surface area (Å²) in [6, 6.07) is 6.27. The summed E-state index contributed by atoms with van der Waals surface area (Å²) in [7, 11) is 0. The Morgan fingerprint density at radius 2 is 1.84 bits per heavy atom. The first-order chi connectivity index (χ1) is 8.79. The minimum atomic E-state index is -4.70. The van der Waals surface area contributed by atoms with Gasteiger partial charge in [-0.2, -0.15) is 13.2 Å². The van der Waals surface area contributed by atoms with Gasteiger partial charge in [0.25, 0.3) is 0 Å². The molecule has 0 atom stereocenters. The minimum Gasteiger partial charge on any atom is -0.288 e. The van der Waals surface area contributed by atoms with Crippen LogP contribution in [0.5, 0.6) is 0 Å². The number of ketones is 1. The third-order valence-corrected chi connectivity index (χ3v) is 3.55. The zero-order valence-electron chi connectivity index (χ0n) is 9.58. The van der Waals surface area contributed by atoms with E-state index in [9.17, 15) is 18.0 Å². The molecule has 19 heavy (non-hydrogen) atoms. The third-order valence-electron chi connectivity index (χ3n) is 2.39. The quantitative estimate of drug-likeness (QED) is 0.772. The van der Waals surface area contributed by atoms with Crippen molar-refractivity contribution in [1.29, 1.82) is 0 Å². The number of hydrogen-bond donors (Lipinski definition) is 0. The van der Waals surface area contributed by atoms with Crippen LogP contribution in [0.4, 0.5) is 13.2 Å². The number of rotatable bonds is 2. The minimum absolute atomic E-state index is 0.177. The van der Waals surface area contributed by atoms with E-state index >= 15 is 0 Å². The first-order valence-corrected chi connectivity index (χ1v) is 6.33. The van der Waals surface area contributed by atoms with Crippen LogP contribution in [0.25, 0.3) is 0 Å². The fourth-order valence-corrected chi connectivity index (χ4v) is 2.57. The molecule has 0 N–H and O–H groups in total. The molecule has 1 heterocycles. The van der Waals surface area contributed by atoms with Crippen molar-refractivity contribution in [2.45, 2.75) is 13.1 Å². The van der Waals surface area contributed by atoms with Gasteiger partial charge in [-0.05, 0) is 6.92 Å². The first-order valence-electron chi connectivity index (χ1n) is 5.14. The van der Waals surface area contributed by atoms with Crippen LogP contribution < -0.4 is 0 Å². The van der Waals surface area contributed by atoms with Crippen molar-refractivity contribution in [2.24, 2.45) is 0 Å². The van der Waals surface area contributed by atoms with Gasteiger partial charge in [-0.25, -0.2) is 4.98 Å². The van der Waals surface area contributed by atoms with Gasteiger partial charge in [-0.1, -0.05) is 52.8 Å². The summed E-state index contributed by atoms with van der Waals surface area (Å²) in [5.41, 5.74) is -0.139. The Bertz CT molecular complexity index is 619. The summed E-state index contributed by atoms with van der Waals surface area (Å²) >= 11 is 6.02. The zero-order valence-corrected chi connectivity index (χ0v) is 11.2. The largest absolute Gasteiger partial charge is 0.434 e. The lowest BCUT2D eigenvalue weighted by molar-refractivity contribution is -0.141. The molecule has 7 heteroatoms. The summed E-state index contributed by atoms with van der Waals surface area (Å²) in [5, 5.41) is 0. The van der Waals surface area contributed by atoms with Gasteiger partial charge in [0.05, 0.1) is 0 Å². The van der Waals surface area contributed by atoms with Crippen molar-refractivity contribution in [1.82, 2.24) is 4.98 Å². The highest BCUT2D eigenvalue weighted by molar-refractivity contribution is 7.17. The van der Waals surface area contributed by atoms with E-state index in [0.717, 1.165) is 5.56 Å². The van der Waals surface area contributed by atoms with Gasteiger partial charge >= 0.3 is 6.18 Å². The molecular formula is C12H7ClF3NOS. The monoisotopic (exact) mass is 305 g/mol. The lowest BCUT2D eigenvalue weighted by atomic mass is 10.1. The van der Waals surface area contributed by atoms with E-state index in [-0.39, 0.29) is 10.0 Å². The predicted octanol–water partition coefficient (Wildman–Crippen LogP) is 4.35. The SMILES string of the molecule is Cc1ccc(C(=O)c2sc(Cl)nc2C(F)(F)F)cc1. The molecule has 0 bridgehead atoms. The standard InChI is InChI=1S/C12H7ClF3NOS/c1-6-2-4-7(5-3-6)8(18)9-10(12(14,15)16)17-11(13)19-9/h2-5H,1H3. The number of hydrogen-bond acceptors (Lipinski definition) is 3. The van der Waals surface area contributed by atoms with Crippen LogP contribution in [-0.2, 0) is 6.18 Å². The van der Waals surface area contributed by atoms with Crippen LogP contribution in [0, 0.1) is 6.92 Å².